The Morgan fingerprint density at radius 1 is 1.25 bits per heavy atom. The van der Waals surface area contributed by atoms with Crippen molar-refractivity contribution >= 4 is 5.82 Å². The predicted octanol–water partition coefficient (Wildman–Crippen LogP) is 4.15. The molecule has 1 aromatic heterocycles. The first-order valence-electron chi connectivity index (χ1n) is 7.29. The summed E-state index contributed by atoms with van der Waals surface area (Å²) in [6.45, 7) is 10.8. The summed E-state index contributed by atoms with van der Waals surface area (Å²) in [5, 5.41) is 0. The first-order valence-corrected chi connectivity index (χ1v) is 7.29. The molecule has 0 saturated heterocycles. The van der Waals surface area contributed by atoms with E-state index in [-0.39, 0.29) is 5.54 Å². The minimum absolute atomic E-state index is 0.0519. The third-order valence-electron chi connectivity index (χ3n) is 3.42. The lowest BCUT2D eigenvalue weighted by Crippen LogP contribution is -2.25. The first kappa shape index (κ1) is 14.6. The number of rotatable bonds is 3. The van der Waals surface area contributed by atoms with Gasteiger partial charge in [-0.05, 0) is 40.2 Å². The molecule has 2 aromatic rings. The summed E-state index contributed by atoms with van der Waals surface area (Å²) in [5.74, 6) is 1.85. The Morgan fingerprint density at radius 2 is 1.95 bits per heavy atom. The van der Waals surface area contributed by atoms with Crippen molar-refractivity contribution in [2.24, 2.45) is 0 Å². The lowest BCUT2D eigenvalue weighted by Gasteiger charge is -2.25. The summed E-state index contributed by atoms with van der Waals surface area (Å²) < 4.78 is 2.17. The number of aryl methyl sites for hydroxylation is 2. The molecule has 2 N–H and O–H groups in total. The van der Waals surface area contributed by atoms with Crippen LogP contribution >= 0.6 is 0 Å². The van der Waals surface area contributed by atoms with Crippen LogP contribution in [-0.4, -0.2) is 9.55 Å². The van der Waals surface area contributed by atoms with Crippen molar-refractivity contribution < 1.29 is 0 Å². The summed E-state index contributed by atoms with van der Waals surface area (Å²) in [6, 6.07) is 8.36. The molecule has 0 saturated carbocycles. The van der Waals surface area contributed by atoms with Crippen molar-refractivity contribution in [1.82, 2.24) is 9.55 Å². The van der Waals surface area contributed by atoms with Crippen molar-refractivity contribution in [3.8, 4) is 11.3 Å². The van der Waals surface area contributed by atoms with Gasteiger partial charge in [-0.1, -0.05) is 30.7 Å². The van der Waals surface area contributed by atoms with E-state index < -0.39 is 0 Å². The molecule has 3 nitrogen and oxygen atoms in total. The van der Waals surface area contributed by atoms with Crippen molar-refractivity contribution in [3.63, 3.8) is 0 Å². The molecule has 0 fully saturated rings. The number of benzene rings is 1. The highest BCUT2D eigenvalue weighted by Crippen LogP contribution is 2.32. The Kier molecular flexibility index (Phi) is 3.89. The summed E-state index contributed by atoms with van der Waals surface area (Å²) in [4.78, 5) is 4.82. The second-order valence-electron chi connectivity index (χ2n) is 6.39. The number of hydrogen-bond donors (Lipinski definition) is 1. The molecule has 20 heavy (non-hydrogen) atoms. The van der Waals surface area contributed by atoms with E-state index in [1.165, 1.54) is 5.56 Å². The largest absolute Gasteiger partial charge is 0.383 e. The van der Waals surface area contributed by atoms with Crippen LogP contribution in [0.25, 0.3) is 11.3 Å². The van der Waals surface area contributed by atoms with Crippen molar-refractivity contribution in [2.75, 3.05) is 5.73 Å². The SMILES string of the molecule is CCCc1nc(-c2cccc(C)c2)c(N)n1C(C)(C)C. The molecule has 0 atom stereocenters. The molecule has 0 aliphatic carbocycles. The number of nitrogens with two attached hydrogens (primary N) is 1. The molecule has 0 radical (unpaired) electrons. The van der Waals surface area contributed by atoms with Crippen molar-refractivity contribution in [3.05, 3.63) is 35.7 Å². The van der Waals surface area contributed by atoms with E-state index in [1.807, 2.05) is 0 Å². The molecule has 108 valence electrons. The Bertz CT molecular complexity index is 603. The van der Waals surface area contributed by atoms with Crippen LogP contribution in [0, 0.1) is 6.92 Å². The third-order valence-corrected chi connectivity index (χ3v) is 3.42. The van der Waals surface area contributed by atoms with E-state index in [2.05, 4.69) is 63.5 Å². The highest BCUT2D eigenvalue weighted by molar-refractivity contribution is 5.71. The molecule has 2 rings (SSSR count). The molecule has 0 unspecified atom stereocenters. The second-order valence-corrected chi connectivity index (χ2v) is 6.39. The van der Waals surface area contributed by atoms with Crippen molar-refractivity contribution in [1.29, 1.82) is 0 Å². The molecular weight excluding hydrogens is 246 g/mol. The Labute approximate surface area is 121 Å². The normalized spacial score (nSPS) is 11.8. The van der Waals surface area contributed by atoms with Gasteiger partial charge in [0.15, 0.2) is 0 Å². The van der Waals surface area contributed by atoms with Crippen LogP contribution in [0.3, 0.4) is 0 Å². The Balaban J connectivity index is 2.61. The molecule has 1 heterocycles. The number of hydrogen-bond acceptors (Lipinski definition) is 2. The molecule has 1 aromatic carbocycles. The molecule has 0 aliphatic rings. The van der Waals surface area contributed by atoms with Crippen LogP contribution in [0.5, 0.6) is 0 Å². The fourth-order valence-electron chi connectivity index (χ4n) is 2.63. The number of nitrogen functional groups attached to an aromatic ring is 1. The number of nitrogens with zero attached hydrogens (tertiary/aromatic N) is 2. The zero-order chi connectivity index (χ0) is 14.9. The van der Waals surface area contributed by atoms with Gasteiger partial charge < -0.3 is 10.3 Å². The highest BCUT2D eigenvalue weighted by atomic mass is 15.2. The van der Waals surface area contributed by atoms with Gasteiger partial charge in [-0.3, -0.25) is 0 Å². The number of imidazole rings is 1. The maximum atomic E-state index is 6.40. The molecule has 0 amide bonds. The van der Waals surface area contributed by atoms with E-state index in [1.54, 1.807) is 0 Å². The minimum atomic E-state index is -0.0519. The summed E-state index contributed by atoms with van der Waals surface area (Å²) in [7, 11) is 0. The lowest BCUT2D eigenvalue weighted by atomic mass is 10.1. The Hall–Kier alpha value is -1.77. The standard InChI is InChI=1S/C17H25N3/c1-6-8-14-19-15(13-10-7-9-12(2)11-13)16(18)20(14)17(3,4)5/h7,9-11H,6,8,18H2,1-5H3. The molecule has 0 spiro atoms. The van der Waals surface area contributed by atoms with Gasteiger partial charge in [-0.25, -0.2) is 4.98 Å². The maximum absolute atomic E-state index is 6.40. The summed E-state index contributed by atoms with van der Waals surface area (Å²) >= 11 is 0. The third kappa shape index (κ3) is 2.72. The van der Waals surface area contributed by atoms with E-state index in [9.17, 15) is 0 Å². The van der Waals surface area contributed by atoms with E-state index in [4.69, 9.17) is 10.7 Å². The van der Waals surface area contributed by atoms with Gasteiger partial charge in [0.2, 0.25) is 0 Å². The van der Waals surface area contributed by atoms with Crippen LogP contribution in [-0.2, 0) is 12.0 Å². The second kappa shape index (κ2) is 5.31. The van der Waals surface area contributed by atoms with E-state index >= 15 is 0 Å². The average Bonchev–Trinajstić information content (AvgIpc) is 2.66. The quantitative estimate of drug-likeness (QED) is 0.911. The zero-order valence-electron chi connectivity index (χ0n) is 13.2. The van der Waals surface area contributed by atoms with Crippen molar-refractivity contribution in [2.45, 2.75) is 53.0 Å². The summed E-state index contributed by atoms with van der Waals surface area (Å²) in [6.07, 6.45) is 2.02. The maximum Gasteiger partial charge on any atom is 0.132 e. The fraction of sp³-hybridized carbons (Fsp3) is 0.471. The predicted molar refractivity (Wildman–Crippen MR) is 85.8 cm³/mol. The zero-order valence-corrected chi connectivity index (χ0v) is 13.2. The van der Waals surface area contributed by atoms with Gasteiger partial charge in [-0.15, -0.1) is 0 Å². The topological polar surface area (TPSA) is 43.8 Å². The fourth-order valence-corrected chi connectivity index (χ4v) is 2.63. The van der Waals surface area contributed by atoms with Crippen LogP contribution in [0.15, 0.2) is 24.3 Å². The van der Waals surface area contributed by atoms with Crippen LogP contribution in [0.4, 0.5) is 5.82 Å². The first-order chi connectivity index (χ1) is 9.34. The van der Waals surface area contributed by atoms with Gasteiger partial charge in [0.25, 0.3) is 0 Å². The average molecular weight is 271 g/mol. The lowest BCUT2D eigenvalue weighted by molar-refractivity contribution is 0.387. The number of anilines is 1. The van der Waals surface area contributed by atoms with Gasteiger partial charge in [0.05, 0.1) is 0 Å². The molecule has 0 aliphatic heterocycles. The molecular formula is C17H25N3. The van der Waals surface area contributed by atoms with Crippen LogP contribution in [0.1, 0.15) is 45.5 Å². The van der Waals surface area contributed by atoms with Gasteiger partial charge in [-0.2, -0.15) is 0 Å². The Morgan fingerprint density at radius 3 is 2.50 bits per heavy atom. The minimum Gasteiger partial charge on any atom is -0.383 e. The molecule has 0 bridgehead atoms. The molecule has 3 heteroatoms. The number of aromatic nitrogens is 2. The van der Waals surface area contributed by atoms with E-state index in [0.717, 1.165) is 35.7 Å². The van der Waals surface area contributed by atoms with Gasteiger partial charge in [0.1, 0.15) is 17.3 Å². The highest BCUT2D eigenvalue weighted by Gasteiger charge is 2.24. The van der Waals surface area contributed by atoms with E-state index in [0.29, 0.717) is 0 Å². The monoisotopic (exact) mass is 271 g/mol. The van der Waals surface area contributed by atoms with Crippen LogP contribution < -0.4 is 5.73 Å². The van der Waals surface area contributed by atoms with Crippen LogP contribution in [0.2, 0.25) is 0 Å². The van der Waals surface area contributed by atoms with Gasteiger partial charge >= 0.3 is 0 Å². The van der Waals surface area contributed by atoms with Gasteiger partial charge in [0, 0.05) is 17.5 Å². The summed E-state index contributed by atoms with van der Waals surface area (Å²) in [5.41, 5.74) is 9.59. The smallest absolute Gasteiger partial charge is 0.132 e.